The molecule has 7 heteroatoms. The SMILES string of the molecule is CN(C)c1ccc2c(-c3ccccc3C(=O)O)c3ccc(=[N+](C)C)c(N=C=S)c-3oc2c1. The lowest BCUT2D eigenvalue weighted by molar-refractivity contribution is 0.0697. The maximum Gasteiger partial charge on any atom is 0.336 e. The zero-order valence-corrected chi connectivity index (χ0v) is 19.0. The monoisotopic (exact) mass is 444 g/mol. The zero-order valence-electron chi connectivity index (χ0n) is 18.2. The van der Waals surface area contributed by atoms with Gasteiger partial charge in [0.25, 0.3) is 0 Å². The quantitative estimate of drug-likeness (QED) is 0.213. The Morgan fingerprint density at radius 2 is 1.84 bits per heavy atom. The average Bonchev–Trinajstić information content (AvgIpc) is 2.77. The van der Waals surface area contributed by atoms with E-state index in [0.29, 0.717) is 22.6 Å². The van der Waals surface area contributed by atoms with E-state index in [1.807, 2.05) is 80.1 Å². The lowest BCUT2D eigenvalue weighted by atomic mass is 9.90. The minimum absolute atomic E-state index is 0.217. The van der Waals surface area contributed by atoms with E-state index in [9.17, 15) is 9.90 Å². The van der Waals surface area contributed by atoms with E-state index in [1.54, 1.807) is 12.1 Å². The first-order chi connectivity index (χ1) is 15.3. The molecule has 32 heavy (non-hydrogen) atoms. The summed E-state index contributed by atoms with van der Waals surface area (Å²) in [6, 6.07) is 16.7. The van der Waals surface area contributed by atoms with Gasteiger partial charge in [-0.1, -0.05) is 18.2 Å². The number of aliphatic imine (C=N–C) groups is 1. The van der Waals surface area contributed by atoms with Gasteiger partial charge in [0.1, 0.15) is 19.7 Å². The highest BCUT2D eigenvalue weighted by Gasteiger charge is 2.25. The van der Waals surface area contributed by atoms with Gasteiger partial charge in [0.05, 0.1) is 10.7 Å². The van der Waals surface area contributed by atoms with Gasteiger partial charge in [-0.2, -0.15) is 4.99 Å². The molecule has 1 aliphatic carbocycles. The highest BCUT2D eigenvalue weighted by atomic mass is 32.1. The maximum atomic E-state index is 12.0. The number of carbonyl (C=O) groups is 1. The van der Waals surface area contributed by atoms with Crippen LogP contribution >= 0.6 is 12.2 Å². The van der Waals surface area contributed by atoms with E-state index in [1.165, 1.54) is 0 Å². The van der Waals surface area contributed by atoms with Crippen LogP contribution in [-0.2, 0) is 0 Å². The van der Waals surface area contributed by atoms with Gasteiger partial charge in [-0.3, -0.25) is 0 Å². The molecule has 0 saturated carbocycles. The molecule has 2 aliphatic rings. The van der Waals surface area contributed by atoms with E-state index >= 15 is 0 Å². The van der Waals surface area contributed by atoms with E-state index < -0.39 is 5.97 Å². The fourth-order valence-corrected chi connectivity index (χ4v) is 3.98. The molecule has 160 valence electrons. The van der Waals surface area contributed by atoms with E-state index in [2.05, 4.69) is 10.2 Å². The van der Waals surface area contributed by atoms with Crippen molar-refractivity contribution in [3.8, 4) is 22.5 Å². The number of thiocarbonyl (C=S) groups is 1. The average molecular weight is 445 g/mol. The molecule has 1 heterocycles. The van der Waals surface area contributed by atoms with Crippen LogP contribution in [0.25, 0.3) is 33.4 Å². The van der Waals surface area contributed by atoms with Gasteiger partial charge in [0.15, 0.2) is 11.4 Å². The predicted octanol–water partition coefficient (Wildman–Crippen LogP) is 4.73. The molecule has 0 spiro atoms. The Morgan fingerprint density at radius 1 is 1.09 bits per heavy atom. The highest BCUT2D eigenvalue weighted by molar-refractivity contribution is 7.78. The number of rotatable bonds is 4. The van der Waals surface area contributed by atoms with Crippen molar-refractivity contribution >= 4 is 45.7 Å². The summed E-state index contributed by atoms with van der Waals surface area (Å²) in [6.45, 7) is 0. The van der Waals surface area contributed by atoms with Gasteiger partial charge < -0.3 is 14.4 Å². The number of nitrogens with zero attached hydrogens (tertiary/aromatic N) is 3. The van der Waals surface area contributed by atoms with Crippen molar-refractivity contribution in [2.24, 2.45) is 4.99 Å². The van der Waals surface area contributed by atoms with Crippen LogP contribution in [0.5, 0.6) is 0 Å². The summed E-state index contributed by atoms with van der Waals surface area (Å²) in [5.74, 6) is -0.471. The molecule has 2 aromatic rings. The van der Waals surface area contributed by atoms with Crippen LogP contribution in [0.3, 0.4) is 0 Å². The van der Waals surface area contributed by atoms with Crippen LogP contribution in [0.2, 0.25) is 0 Å². The fraction of sp³-hybridized carbons (Fsp3) is 0.160. The predicted molar refractivity (Wildman–Crippen MR) is 131 cm³/mol. The van der Waals surface area contributed by atoms with Gasteiger partial charge in [-0.25, -0.2) is 9.37 Å². The Bertz CT molecular complexity index is 1460. The zero-order chi connectivity index (χ0) is 23.0. The van der Waals surface area contributed by atoms with Crippen molar-refractivity contribution in [3.05, 3.63) is 65.5 Å². The molecule has 0 bridgehead atoms. The van der Waals surface area contributed by atoms with Gasteiger partial charge in [0.2, 0.25) is 5.36 Å². The van der Waals surface area contributed by atoms with Crippen molar-refractivity contribution in [1.82, 2.24) is 4.58 Å². The molecular formula is C25H22N3O3S+. The smallest absolute Gasteiger partial charge is 0.336 e. The Balaban J connectivity index is 2.28. The third kappa shape index (κ3) is 3.58. The molecule has 1 aliphatic heterocycles. The number of aromatic carboxylic acids is 1. The van der Waals surface area contributed by atoms with E-state index in [0.717, 1.165) is 27.6 Å². The largest absolute Gasteiger partial charge is 0.478 e. The van der Waals surface area contributed by atoms with Crippen LogP contribution in [0.4, 0.5) is 11.4 Å². The number of hydrogen-bond acceptors (Lipinski definition) is 5. The van der Waals surface area contributed by atoms with Crippen molar-refractivity contribution in [2.75, 3.05) is 33.1 Å². The summed E-state index contributed by atoms with van der Waals surface area (Å²) in [5.41, 5.74) is 4.48. The maximum absolute atomic E-state index is 12.0. The molecule has 0 amide bonds. The summed E-state index contributed by atoms with van der Waals surface area (Å²) >= 11 is 4.91. The molecule has 0 unspecified atom stereocenters. The minimum atomic E-state index is -0.991. The number of anilines is 1. The van der Waals surface area contributed by atoms with Gasteiger partial charge in [0, 0.05) is 48.4 Å². The first kappa shape index (κ1) is 21.4. The number of fused-ring (bicyclic) bond motifs is 2. The van der Waals surface area contributed by atoms with Crippen molar-refractivity contribution in [1.29, 1.82) is 0 Å². The second-order valence-electron chi connectivity index (χ2n) is 7.81. The molecular weight excluding hydrogens is 422 g/mol. The number of carboxylic acid groups (broad SMARTS) is 1. The van der Waals surface area contributed by atoms with Crippen LogP contribution < -0.4 is 14.8 Å². The molecule has 6 nitrogen and oxygen atoms in total. The lowest BCUT2D eigenvalue weighted by Gasteiger charge is -2.19. The van der Waals surface area contributed by atoms with E-state index in [-0.39, 0.29) is 5.56 Å². The molecule has 2 aromatic carbocycles. The second-order valence-corrected chi connectivity index (χ2v) is 7.99. The molecule has 0 atom stereocenters. The van der Waals surface area contributed by atoms with Crippen molar-refractivity contribution < 1.29 is 14.3 Å². The Kier molecular flexibility index (Phi) is 5.61. The van der Waals surface area contributed by atoms with Crippen LogP contribution in [-0.4, -0.2) is 44.4 Å². The standard InChI is InChI=1S/C25H21N3O3S/c1-27(2)15-9-10-18-21(13-15)31-24-19(11-12-20(28(3)4)23(24)26-14-32)22(18)16-7-5-6-8-17(16)25(29)30/h5-13H,1-4H3/p+1. The van der Waals surface area contributed by atoms with Crippen molar-refractivity contribution in [2.45, 2.75) is 0 Å². The topological polar surface area (TPSA) is 69.1 Å². The molecule has 0 aromatic heterocycles. The number of benzene rings is 3. The van der Waals surface area contributed by atoms with Crippen molar-refractivity contribution in [3.63, 3.8) is 0 Å². The first-order valence-corrected chi connectivity index (χ1v) is 10.4. The summed E-state index contributed by atoms with van der Waals surface area (Å²) in [7, 11) is 7.73. The number of carboxylic acids is 1. The summed E-state index contributed by atoms with van der Waals surface area (Å²) in [5, 5.41) is 14.0. The fourth-order valence-electron chi connectivity index (χ4n) is 3.89. The number of hydrogen-bond donors (Lipinski definition) is 1. The normalized spacial score (nSPS) is 10.8. The highest BCUT2D eigenvalue weighted by Crippen LogP contribution is 2.44. The van der Waals surface area contributed by atoms with Crippen LogP contribution in [0.15, 0.2) is 64.0 Å². The van der Waals surface area contributed by atoms with Crippen LogP contribution in [0, 0.1) is 0 Å². The van der Waals surface area contributed by atoms with Gasteiger partial charge in [-0.05, 0) is 42.0 Å². The summed E-state index contributed by atoms with van der Waals surface area (Å²) in [4.78, 5) is 18.3. The first-order valence-electron chi connectivity index (χ1n) is 9.95. The minimum Gasteiger partial charge on any atom is -0.478 e. The molecule has 1 N–H and O–H groups in total. The second kappa shape index (κ2) is 8.38. The molecule has 0 radical (unpaired) electrons. The van der Waals surface area contributed by atoms with E-state index in [4.69, 9.17) is 16.6 Å². The molecule has 0 fully saturated rings. The Morgan fingerprint density at radius 3 is 2.50 bits per heavy atom. The summed E-state index contributed by atoms with van der Waals surface area (Å²) < 4.78 is 8.32. The summed E-state index contributed by atoms with van der Waals surface area (Å²) in [6.07, 6.45) is 0. The number of isothiocyanates is 1. The molecule has 0 saturated heterocycles. The third-order valence-corrected chi connectivity index (χ3v) is 5.50. The Hall–Kier alpha value is -3.80. The molecule has 4 rings (SSSR count). The van der Waals surface area contributed by atoms with Crippen LogP contribution in [0.1, 0.15) is 10.4 Å². The lowest BCUT2D eigenvalue weighted by Crippen LogP contribution is -2.22. The van der Waals surface area contributed by atoms with Gasteiger partial charge in [-0.15, -0.1) is 0 Å². The third-order valence-electron chi connectivity index (χ3n) is 5.41. The Labute approximate surface area is 190 Å². The van der Waals surface area contributed by atoms with Gasteiger partial charge >= 0.3 is 5.97 Å².